The summed E-state index contributed by atoms with van der Waals surface area (Å²) in [6, 6.07) is 22.5. The Hall–Kier alpha value is -3.50. The second-order valence-corrected chi connectivity index (χ2v) is 15.1. The molecule has 0 saturated carbocycles. The maximum absolute atomic E-state index is 14.5. The van der Waals surface area contributed by atoms with Gasteiger partial charge in [0.25, 0.3) is 5.91 Å². The molecule has 8 nitrogen and oxygen atoms in total. The smallest absolute Gasteiger partial charge is 0.264 e. The average Bonchev–Trinajstić information content (AvgIpc) is 3.36. The SMILES string of the molecule is COc1ccc2c(c1)[C@]1(O[C@@H](CCO)[C@H]([Si](C)(C)O)[C@H]1C)C(=O)N2Cc1cccc(N(C=O)c2ccccc2)c1. The average molecular weight is 561 g/mol. The fourth-order valence-electron chi connectivity index (χ4n) is 6.58. The monoisotopic (exact) mass is 560 g/mol. The van der Waals surface area contributed by atoms with E-state index in [1.165, 1.54) is 0 Å². The van der Waals surface area contributed by atoms with Crippen molar-refractivity contribution in [2.75, 3.05) is 23.5 Å². The van der Waals surface area contributed by atoms with Gasteiger partial charge in [-0.05, 0) is 67.5 Å². The van der Waals surface area contributed by atoms with E-state index < -0.39 is 20.0 Å². The molecule has 2 aliphatic heterocycles. The van der Waals surface area contributed by atoms with Gasteiger partial charge in [0.15, 0.2) is 13.9 Å². The highest BCUT2D eigenvalue weighted by atomic mass is 28.4. The van der Waals surface area contributed by atoms with Crippen LogP contribution < -0.4 is 14.5 Å². The predicted molar refractivity (Wildman–Crippen MR) is 156 cm³/mol. The van der Waals surface area contributed by atoms with Crippen LogP contribution in [-0.2, 0) is 26.5 Å². The Balaban J connectivity index is 1.56. The Morgan fingerprint density at radius 3 is 2.45 bits per heavy atom. The number of fused-ring (bicyclic) bond motifs is 2. The van der Waals surface area contributed by atoms with E-state index in [2.05, 4.69) is 0 Å². The lowest BCUT2D eigenvalue weighted by Gasteiger charge is -2.32. The quantitative estimate of drug-likeness (QED) is 0.290. The molecule has 1 fully saturated rings. The number of anilines is 3. The molecule has 2 heterocycles. The van der Waals surface area contributed by atoms with Crippen molar-refractivity contribution in [3.8, 4) is 5.75 Å². The molecule has 9 heteroatoms. The van der Waals surface area contributed by atoms with E-state index in [0.717, 1.165) is 23.3 Å². The molecule has 3 aromatic rings. The number of amides is 2. The molecular formula is C31H36N2O6Si. The van der Waals surface area contributed by atoms with E-state index in [1.54, 1.807) is 16.9 Å². The normalized spacial score (nSPS) is 23.9. The summed E-state index contributed by atoms with van der Waals surface area (Å²) >= 11 is 0. The minimum Gasteiger partial charge on any atom is -0.497 e. The predicted octanol–water partition coefficient (Wildman–Crippen LogP) is 4.72. The van der Waals surface area contributed by atoms with Crippen molar-refractivity contribution in [2.45, 2.75) is 50.2 Å². The van der Waals surface area contributed by atoms with Gasteiger partial charge in [0.05, 0.1) is 25.4 Å². The van der Waals surface area contributed by atoms with Crippen LogP contribution in [0.1, 0.15) is 24.5 Å². The standard InChI is InChI=1S/C31H36N2O6Si/c1-21-29(40(3,4)37)28(15-16-34)39-31(21)26-18-25(38-2)13-14-27(26)32(30(31)36)19-22-9-8-12-24(17-22)33(20-35)23-10-6-5-7-11-23/h5-14,17-18,20-21,28-29,34,37H,15-16,19H2,1-4H3/t21-,28+,29-,31+/m1/s1. The second-order valence-electron chi connectivity index (χ2n) is 11.1. The van der Waals surface area contributed by atoms with Gasteiger partial charge in [0.2, 0.25) is 6.41 Å². The molecule has 0 aromatic heterocycles. The maximum Gasteiger partial charge on any atom is 0.264 e. The molecule has 40 heavy (non-hydrogen) atoms. The summed E-state index contributed by atoms with van der Waals surface area (Å²) in [6.07, 6.45) is 0.663. The molecule has 2 amide bonds. The molecule has 5 rings (SSSR count). The summed E-state index contributed by atoms with van der Waals surface area (Å²) < 4.78 is 12.2. The Morgan fingerprint density at radius 2 is 1.80 bits per heavy atom. The van der Waals surface area contributed by atoms with E-state index in [1.807, 2.05) is 92.8 Å². The molecular weight excluding hydrogens is 524 g/mol. The molecule has 2 N–H and O–H groups in total. The van der Waals surface area contributed by atoms with Gasteiger partial charge < -0.3 is 24.3 Å². The summed E-state index contributed by atoms with van der Waals surface area (Å²) in [5.74, 6) is 0.0828. The number of nitrogens with zero attached hydrogens (tertiary/aromatic N) is 2. The van der Waals surface area contributed by atoms with Gasteiger partial charge in [-0.2, -0.15) is 0 Å². The van der Waals surface area contributed by atoms with E-state index >= 15 is 0 Å². The number of hydrogen-bond acceptors (Lipinski definition) is 6. The maximum atomic E-state index is 14.5. The lowest BCUT2D eigenvalue weighted by Crippen LogP contribution is -2.46. The summed E-state index contributed by atoms with van der Waals surface area (Å²) in [7, 11) is -1.20. The first-order valence-electron chi connectivity index (χ1n) is 13.6. The number of hydrogen-bond donors (Lipinski definition) is 2. The van der Waals surface area contributed by atoms with Crippen molar-refractivity contribution in [1.82, 2.24) is 0 Å². The molecule has 0 bridgehead atoms. The van der Waals surface area contributed by atoms with Crippen molar-refractivity contribution >= 4 is 37.7 Å². The minimum absolute atomic E-state index is 0.0985. The van der Waals surface area contributed by atoms with E-state index in [4.69, 9.17) is 9.47 Å². The van der Waals surface area contributed by atoms with Crippen LogP contribution >= 0.6 is 0 Å². The number of benzene rings is 3. The van der Waals surface area contributed by atoms with Crippen molar-refractivity contribution in [1.29, 1.82) is 0 Å². The van der Waals surface area contributed by atoms with Gasteiger partial charge in [-0.25, -0.2) is 0 Å². The van der Waals surface area contributed by atoms with E-state index in [-0.39, 0.29) is 30.5 Å². The number of methoxy groups -OCH3 is 1. The molecule has 0 unspecified atom stereocenters. The van der Waals surface area contributed by atoms with Crippen LogP contribution in [0.4, 0.5) is 17.1 Å². The Bertz CT molecular complexity index is 1390. The molecule has 210 valence electrons. The van der Waals surface area contributed by atoms with Gasteiger partial charge in [0, 0.05) is 35.0 Å². The highest BCUT2D eigenvalue weighted by Gasteiger charge is 2.66. The van der Waals surface area contributed by atoms with Gasteiger partial charge >= 0.3 is 0 Å². The highest BCUT2D eigenvalue weighted by Crippen LogP contribution is 2.60. The largest absolute Gasteiger partial charge is 0.497 e. The molecule has 1 saturated heterocycles. The van der Waals surface area contributed by atoms with Gasteiger partial charge in [-0.15, -0.1) is 0 Å². The van der Waals surface area contributed by atoms with Crippen LogP contribution in [0.2, 0.25) is 18.6 Å². The van der Waals surface area contributed by atoms with E-state index in [9.17, 15) is 19.5 Å². The molecule has 0 radical (unpaired) electrons. The minimum atomic E-state index is -2.78. The first kappa shape index (κ1) is 28.0. The third-order valence-corrected chi connectivity index (χ3v) is 10.8. The molecule has 0 aliphatic carbocycles. The number of rotatable bonds is 9. The van der Waals surface area contributed by atoms with Crippen LogP contribution in [0.5, 0.6) is 5.75 Å². The van der Waals surface area contributed by atoms with Crippen molar-refractivity contribution < 1.29 is 29.0 Å². The second kappa shape index (κ2) is 10.8. The first-order valence-corrected chi connectivity index (χ1v) is 16.6. The number of aliphatic hydroxyl groups is 1. The first-order chi connectivity index (χ1) is 19.1. The van der Waals surface area contributed by atoms with Crippen LogP contribution in [-0.4, -0.2) is 50.4 Å². The lowest BCUT2D eigenvalue weighted by molar-refractivity contribution is -0.146. The molecule has 1 spiro atoms. The van der Waals surface area contributed by atoms with E-state index in [0.29, 0.717) is 23.4 Å². The van der Waals surface area contributed by atoms with Crippen LogP contribution in [0.15, 0.2) is 72.8 Å². The number of carbonyl (C=O) groups excluding carboxylic acids is 2. The fourth-order valence-corrected chi connectivity index (χ4v) is 9.19. The zero-order chi connectivity index (χ0) is 28.7. The Morgan fingerprint density at radius 1 is 1.07 bits per heavy atom. The van der Waals surface area contributed by atoms with Gasteiger partial charge in [-0.1, -0.05) is 37.3 Å². The third-order valence-electron chi connectivity index (χ3n) is 8.27. The summed E-state index contributed by atoms with van der Waals surface area (Å²) in [5, 5.41) is 9.80. The summed E-state index contributed by atoms with van der Waals surface area (Å²) in [6.45, 7) is 5.86. The third kappa shape index (κ3) is 4.62. The zero-order valence-electron chi connectivity index (χ0n) is 23.3. The Labute approximate surface area is 235 Å². The van der Waals surface area contributed by atoms with Crippen molar-refractivity contribution in [3.63, 3.8) is 0 Å². The Kier molecular flexibility index (Phi) is 7.58. The lowest BCUT2D eigenvalue weighted by atomic mass is 9.82. The highest BCUT2D eigenvalue weighted by molar-refractivity contribution is 6.71. The van der Waals surface area contributed by atoms with Gasteiger partial charge in [0.1, 0.15) is 5.75 Å². The zero-order valence-corrected chi connectivity index (χ0v) is 24.3. The molecule has 2 aliphatic rings. The molecule has 3 aromatic carbocycles. The topological polar surface area (TPSA) is 99.5 Å². The summed E-state index contributed by atoms with van der Waals surface area (Å²) in [5.41, 5.74) is 2.15. The van der Waals surface area contributed by atoms with Crippen LogP contribution in [0.25, 0.3) is 0 Å². The van der Waals surface area contributed by atoms with Crippen molar-refractivity contribution in [3.05, 3.63) is 83.9 Å². The molecule has 4 atom stereocenters. The van der Waals surface area contributed by atoms with Gasteiger partial charge in [-0.3, -0.25) is 14.5 Å². The fraction of sp³-hybridized carbons (Fsp3) is 0.355. The van der Waals surface area contributed by atoms with Crippen LogP contribution in [0, 0.1) is 5.92 Å². The number of carbonyl (C=O) groups is 2. The number of para-hydroxylation sites is 1. The number of aliphatic hydroxyl groups excluding tert-OH is 1. The van der Waals surface area contributed by atoms with Crippen LogP contribution in [0.3, 0.4) is 0 Å². The summed E-state index contributed by atoms with van der Waals surface area (Å²) in [4.78, 5) is 41.1. The van der Waals surface area contributed by atoms with Crippen molar-refractivity contribution in [2.24, 2.45) is 5.92 Å². The number of ether oxygens (including phenoxy) is 2.